The van der Waals surface area contributed by atoms with Gasteiger partial charge >= 0.3 is 5.97 Å². The number of benzene rings is 1. The quantitative estimate of drug-likeness (QED) is 0.546. The first-order valence-corrected chi connectivity index (χ1v) is 10.4. The Balaban J connectivity index is 1.77. The number of nitrogens with zero attached hydrogens (tertiary/aromatic N) is 2. The Morgan fingerprint density at radius 3 is 2.64 bits per heavy atom. The van der Waals surface area contributed by atoms with Gasteiger partial charge in [0.15, 0.2) is 0 Å². The van der Waals surface area contributed by atoms with E-state index in [1.807, 2.05) is 31.2 Å². The molecule has 148 valence electrons. The number of hydrogen-bond donors (Lipinski definition) is 1. The maximum absolute atomic E-state index is 13.0. The second kappa shape index (κ2) is 9.01. The van der Waals surface area contributed by atoms with Crippen LogP contribution in [-0.2, 0) is 19.4 Å². The average molecular weight is 401 g/mol. The number of fused-ring (bicyclic) bond motifs is 1. The summed E-state index contributed by atoms with van der Waals surface area (Å²) in [6.07, 6.45) is 3.14. The van der Waals surface area contributed by atoms with Crippen molar-refractivity contribution in [3.63, 3.8) is 0 Å². The Kier molecular flexibility index (Phi) is 6.46. The average Bonchev–Trinajstić information content (AvgIpc) is 3.12. The highest BCUT2D eigenvalue weighted by Crippen LogP contribution is 2.22. The zero-order valence-electron chi connectivity index (χ0n) is 16.1. The number of aryl methyl sites for hydroxylation is 2. The summed E-state index contributed by atoms with van der Waals surface area (Å²) in [5.41, 5.74) is 1.01. The summed E-state index contributed by atoms with van der Waals surface area (Å²) < 4.78 is 7.38. The lowest BCUT2D eigenvalue weighted by atomic mass is 10.2. The predicted octanol–water partition coefficient (Wildman–Crippen LogP) is 4.14. The van der Waals surface area contributed by atoms with Gasteiger partial charge in [0, 0.05) is 18.3 Å². The highest BCUT2D eigenvalue weighted by Gasteiger charge is 2.19. The molecule has 0 atom stereocenters. The van der Waals surface area contributed by atoms with Gasteiger partial charge in [-0.25, -0.2) is 9.78 Å². The number of thiophene rings is 1. The van der Waals surface area contributed by atoms with E-state index in [-0.39, 0.29) is 16.5 Å². The highest BCUT2D eigenvalue weighted by molar-refractivity contribution is 7.17. The van der Waals surface area contributed by atoms with Crippen LogP contribution < -0.4 is 10.3 Å². The van der Waals surface area contributed by atoms with E-state index in [2.05, 4.69) is 11.9 Å². The number of hydrogen-bond acceptors (Lipinski definition) is 5. The second-order valence-corrected chi connectivity index (χ2v) is 7.43. The van der Waals surface area contributed by atoms with Crippen molar-refractivity contribution in [1.29, 1.82) is 0 Å². The molecular formula is C21H24N2O4S. The Morgan fingerprint density at radius 1 is 1.25 bits per heavy atom. The minimum Gasteiger partial charge on any atom is -0.494 e. The zero-order chi connectivity index (χ0) is 20.1. The molecular weight excluding hydrogens is 376 g/mol. The molecule has 28 heavy (non-hydrogen) atoms. The fraction of sp³-hybridized carbons (Fsp3) is 0.381. The van der Waals surface area contributed by atoms with Gasteiger partial charge in [-0.3, -0.25) is 9.36 Å². The van der Waals surface area contributed by atoms with Crippen LogP contribution in [0, 0.1) is 0 Å². The van der Waals surface area contributed by atoms with Crippen molar-refractivity contribution in [3.05, 3.63) is 57.0 Å². The van der Waals surface area contributed by atoms with E-state index >= 15 is 0 Å². The summed E-state index contributed by atoms with van der Waals surface area (Å²) in [5, 5.41) is 11.0. The van der Waals surface area contributed by atoms with Gasteiger partial charge in [-0.05, 0) is 37.0 Å². The van der Waals surface area contributed by atoms with Crippen molar-refractivity contribution in [2.24, 2.45) is 0 Å². The molecule has 0 spiro atoms. The number of carbonyl (C=O) groups is 1. The first kappa shape index (κ1) is 20.1. The third-order valence-corrected chi connectivity index (χ3v) is 5.48. The van der Waals surface area contributed by atoms with Gasteiger partial charge in [0.05, 0.1) is 17.6 Å². The fourth-order valence-electron chi connectivity index (χ4n) is 3.10. The van der Waals surface area contributed by atoms with E-state index < -0.39 is 5.97 Å². The molecule has 0 fully saturated rings. The predicted molar refractivity (Wildman–Crippen MR) is 111 cm³/mol. The molecule has 0 saturated heterocycles. The van der Waals surface area contributed by atoms with E-state index in [0.29, 0.717) is 36.6 Å². The van der Waals surface area contributed by atoms with Crippen molar-refractivity contribution in [2.75, 3.05) is 6.61 Å². The van der Waals surface area contributed by atoms with Gasteiger partial charge in [0.25, 0.3) is 5.56 Å². The summed E-state index contributed by atoms with van der Waals surface area (Å²) in [7, 11) is 0. The lowest BCUT2D eigenvalue weighted by Crippen LogP contribution is -2.26. The molecule has 0 aliphatic rings. The number of ether oxygens (including phenoxy) is 1. The standard InChI is InChI=1S/C21H24N2O4S/c1-3-6-17-22-19-18(16(13-28-19)21(25)26)20(24)23(17)11-5-12-27-15-9-7-14(4-2)8-10-15/h7-10,13H,3-6,11-12H2,1-2H3,(H,25,26). The van der Waals surface area contributed by atoms with Crippen LogP contribution >= 0.6 is 11.3 Å². The van der Waals surface area contributed by atoms with Crippen LogP contribution in [0.3, 0.4) is 0 Å². The molecule has 3 rings (SSSR count). The molecule has 0 unspecified atom stereocenters. The van der Waals surface area contributed by atoms with Crippen LogP contribution in [0.5, 0.6) is 5.75 Å². The molecule has 0 saturated carbocycles. The molecule has 0 bridgehead atoms. The third kappa shape index (κ3) is 4.25. The van der Waals surface area contributed by atoms with Crippen molar-refractivity contribution in [3.8, 4) is 5.75 Å². The Morgan fingerprint density at radius 2 is 2.00 bits per heavy atom. The van der Waals surface area contributed by atoms with Crippen LogP contribution in [0.25, 0.3) is 10.2 Å². The molecule has 7 heteroatoms. The van der Waals surface area contributed by atoms with Crippen LogP contribution in [0.15, 0.2) is 34.4 Å². The maximum atomic E-state index is 13.0. The van der Waals surface area contributed by atoms with Gasteiger partial charge in [-0.2, -0.15) is 0 Å². The number of carboxylic acids is 1. The molecule has 1 N–H and O–H groups in total. The van der Waals surface area contributed by atoms with Gasteiger partial charge in [0.2, 0.25) is 0 Å². The minimum atomic E-state index is -1.10. The minimum absolute atomic E-state index is 0.0292. The molecule has 0 aliphatic carbocycles. The Labute approximate surface area is 167 Å². The van der Waals surface area contributed by atoms with E-state index in [9.17, 15) is 14.7 Å². The lowest BCUT2D eigenvalue weighted by Gasteiger charge is -2.13. The van der Waals surface area contributed by atoms with E-state index in [0.717, 1.165) is 18.6 Å². The molecule has 3 aromatic rings. The highest BCUT2D eigenvalue weighted by atomic mass is 32.1. The summed E-state index contributed by atoms with van der Waals surface area (Å²) >= 11 is 1.20. The summed E-state index contributed by atoms with van der Waals surface area (Å²) in [6, 6.07) is 7.99. The van der Waals surface area contributed by atoms with Crippen LogP contribution in [0.2, 0.25) is 0 Å². The SMILES string of the molecule is CCCc1nc2scc(C(=O)O)c2c(=O)n1CCCOc1ccc(CC)cc1. The number of aromatic nitrogens is 2. The topological polar surface area (TPSA) is 81.4 Å². The Bertz CT molecular complexity index is 1020. The number of carboxylic acid groups (broad SMARTS) is 1. The molecule has 0 aliphatic heterocycles. The van der Waals surface area contributed by atoms with E-state index in [4.69, 9.17) is 4.74 Å². The molecule has 6 nitrogen and oxygen atoms in total. The van der Waals surface area contributed by atoms with Gasteiger partial charge < -0.3 is 9.84 Å². The van der Waals surface area contributed by atoms with Crippen molar-refractivity contribution < 1.29 is 14.6 Å². The Hall–Kier alpha value is -2.67. The van der Waals surface area contributed by atoms with Gasteiger partial charge in [0.1, 0.15) is 16.4 Å². The molecule has 0 radical (unpaired) electrons. The molecule has 2 aromatic heterocycles. The lowest BCUT2D eigenvalue weighted by molar-refractivity contribution is 0.0699. The molecule has 1 aromatic carbocycles. The van der Waals surface area contributed by atoms with Crippen molar-refractivity contribution >= 4 is 27.5 Å². The first-order chi connectivity index (χ1) is 13.5. The summed E-state index contributed by atoms with van der Waals surface area (Å²) in [4.78, 5) is 29.5. The van der Waals surface area contributed by atoms with Gasteiger partial charge in [-0.1, -0.05) is 26.0 Å². The van der Waals surface area contributed by atoms with Crippen LogP contribution in [-0.4, -0.2) is 27.2 Å². The fourth-order valence-corrected chi connectivity index (χ4v) is 4.02. The van der Waals surface area contributed by atoms with Crippen LogP contribution in [0.1, 0.15) is 48.4 Å². The largest absolute Gasteiger partial charge is 0.494 e. The van der Waals surface area contributed by atoms with E-state index in [1.165, 1.54) is 22.3 Å². The monoisotopic (exact) mass is 400 g/mol. The smallest absolute Gasteiger partial charge is 0.337 e. The van der Waals surface area contributed by atoms with Gasteiger partial charge in [-0.15, -0.1) is 11.3 Å². The summed E-state index contributed by atoms with van der Waals surface area (Å²) in [5.74, 6) is 0.405. The first-order valence-electron chi connectivity index (χ1n) is 9.51. The molecule has 2 heterocycles. The third-order valence-electron chi connectivity index (χ3n) is 4.60. The normalized spacial score (nSPS) is 11.1. The van der Waals surface area contributed by atoms with Crippen molar-refractivity contribution in [1.82, 2.24) is 9.55 Å². The number of aromatic carboxylic acids is 1. The number of rotatable bonds is 9. The molecule has 0 amide bonds. The van der Waals surface area contributed by atoms with Crippen LogP contribution in [0.4, 0.5) is 0 Å². The second-order valence-electron chi connectivity index (χ2n) is 6.57. The van der Waals surface area contributed by atoms with E-state index in [1.54, 1.807) is 4.57 Å². The van der Waals surface area contributed by atoms with Crippen molar-refractivity contribution in [2.45, 2.75) is 46.1 Å². The zero-order valence-corrected chi connectivity index (χ0v) is 16.9. The maximum Gasteiger partial charge on any atom is 0.337 e. The summed E-state index contributed by atoms with van der Waals surface area (Å²) in [6.45, 7) is 5.05.